The van der Waals surface area contributed by atoms with E-state index in [1.165, 1.54) is 0 Å². The Morgan fingerprint density at radius 3 is 2.94 bits per heavy atom. The van der Waals surface area contributed by atoms with Gasteiger partial charge in [0.05, 0.1) is 6.26 Å². The van der Waals surface area contributed by atoms with Gasteiger partial charge in [-0.05, 0) is 25.1 Å². The van der Waals surface area contributed by atoms with Crippen LogP contribution in [0.4, 0.5) is 0 Å². The molecule has 0 saturated heterocycles. The Morgan fingerprint density at radius 1 is 1.47 bits per heavy atom. The molecule has 4 nitrogen and oxygen atoms in total. The van der Waals surface area contributed by atoms with E-state index in [1.807, 2.05) is 18.2 Å². The number of rotatable bonds is 3. The number of aromatic nitrogens is 1. The molecule has 2 aromatic heterocycles. The fraction of sp³-hybridized carbons (Fsp3) is 0.0769. The molecule has 0 bridgehead atoms. The molecule has 2 rings (SSSR count). The maximum Gasteiger partial charge on any atom is 0.244 e. The highest BCUT2D eigenvalue weighted by Crippen LogP contribution is 2.22. The molecule has 0 atom stereocenters. The highest BCUT2D eigenvalue weighted by Gasteiger charge is 2.04. The van der Waals surface area contributed by atoms with Gasteiger partial charge in [0, 0.05) is 29.1 Å². The number of nitrogens with two attached hydrogens (primary N) is 1. The first-order valence-corrected chi connectivity index (χ1v) is 5.14. The van der Waals surface area contributed by atoms with Crippen molar-refractivity contribution >= 4 is 12.0 Å². The largest absolute Gasteiger partial charge is 0.464 e. The summed E-state index contributed by atoms with van der Waals surface area (Å²) in [4.78, 5) is 14.9. The number of carbonyl (C=O) groups excluding carboxylic acids is 1. The fourth-order valence-corrected chi connectivity index (χ4v) is 1.40. The molecule has 0 saturated carbocycles. The summed E-state index contributed by atoms with van der Waals surface area (Å²) in [6, 6.07) is 5.63. The molecule has 86 valence electrons. The molecule has 0 aliphatic heterocycles. The van der Waals surface area contributed by atoms with E-state index in [-0.39, 0.29) is 0 Å². The van der Waals surface area contributed by atoms with Crippen LogP contribution in [0.3, 0.4) is 0 Å². The zero-order valence-electron chi connectivity index (χ0n) is 9.38. The molecule has 2 aromatic rings. The number of pyridine rings is 1. The lowest BCUT2D eigenvalue weighted by atomic mass is 10.1. The van der Waals surface area contributed by atoms with Crippen LogP contribution >= 0.6 is 0 Å². The number of furan rings is 1. The standard InChI is InChI=1S/C13H12N2O2/c1-9(13(14)16)5-12-6-11(8-17-12)10-3-2-4-15-7-10/h2-8H,1H3,(H2,14,16)/b9-5+. The summed E-state index contributed by atoms with van der Waals surface area (Å²) in [5.74, 6) is 0.143. The fourth-order valence-electron chi connectivity index (χ4n) is 1.40. The summed E-state index contributed by atoms with van der Waals surface area (Å²) in [6.45, 7) is 1.65. The zero-order valence-corrected chi connectivity index (χ0v) is 9.38. The number of hydrogen-bond donors (Lipinski definition) is 1. The quantitative estimate of drug-likeness (QED) is 0.819. The van der Waals surface area contributed by atoms with Gasteiger partial charge in [0.2, 0.25) is 5.91 Å². The Balaban J connectivity index is 2.29. The Kier molecular flexibility index (Phi) is 3.05. The molecule has 0 aliphatic carbocycles. The van der Waals surface area contributed by atoms with Crippen LogP contribution in [0.5, 0.6) is 0 Å². The maximum atomic E-state index is 10.9. The van der Waals surface area contributed by atoms with Gasteiger partial charge < -0.3 is 10.2 Å². The summed E-state index contributed by atoms with van der Waals surface area (Å²) in [5.41, 5.74) is 7.48. The molecule has 4 heteroatoms. The molecular formula is C13H12N2O2. The Bertz CT molecular complexity index is 556. The summed E-state index contributed by atoms with van der Waals surface area (Å²) >= 11 is 0. The van der Waals surface area contributed by atoms with Gasteiger partial charge in [-0.15, -0.1) is 0 Å². The number of carbonyl (C=O) groups is 1. The van der Waals surface area contributed by atoms with Crippen LogP contribution in [0.2, 0.25) is 0 Å². The third kappa shape index (κ3) is 2.60. The molecule has 0 radical (unpaired) electrons. The van der Waals surface area contributed by atoms with E-state index in [0.29, 0.717) is 11.3 Å². The van der Waals surface area contributed by atoms with Crippen molar-refractivity contribution in [3.8, 4) is 11.1 Å². The van der Waals surface area contributed by atoms with Crippen molar-refractivity contribution in [2.45, 2.75) is 6.92 Å². The Labute approximate surface area is 98.8 Å². The summed E-state index contributed by atoms with van der Waals surface area (Å²) < 4.78 is 5.33. The summed E-state index contributed by atoms with van der Waals surface area (Å²) in [5, 5.41) is 0. The molecule has 2 heterocycles. The maximum absolute atomic E-state index is 10.9. The predicted molar refractivity (Wildman–Crippen MR) is 64.8 cm³/mol. The van der Waals surface area contributed by atoms with Gasteiger partial charge in [0.1, 0.15) is 5.76 Å². The van der Waals surface area contributed by atoms with Crippen molar-refractivity contribution in [2.24, 2.45) is 5.73 Å². The van der Waals surface area contributed by atoms with Crippen LogP contribution in [0.15, 0.2) is 46.8 Å². The van der Waals surface area contributed by atoms with E-state index in [0.717, 1.165) is 11.1 Å². The van der Waals surface area contributed by atoms with Crippen molar-refractivity contribution in [3.05, 3.63) is 48.2 Å². The first-order chi connectivity index (χ1) is 8.16. The second-order valence-corrected chi connectivity index (χ2v) is 3.67. The summed E-state index contributed by atoms with van der Waals surface area (Å²) in [6.07, 6.45) is 6.69. The van der Waals surface area contributed by atoms with E-state index >= 15 is 0 Å². The van der Waals surface area contributed by atoms with Crippen molar-refractivity contribution in [2.75, 3.05) is 0 Å². The minimum atomic E-state index is -0.454. The van der Waals surface area contributed by atoms with Crippen LogP contribution in [-0.4, -0.2) is 10.9 Å². The number of nitrogens with zero attached hydrogens (tertiary/aromatic N) is 1. The van der Waals surface area contributed by atoms with Gasteiger partial charge in [-0.1, -0.05) is 6.07 Å². The van der Waals surface area contributed by atoms with Crippen LogP contribution < -0.4 is 5.73 Å². The molecule has 17 heavy (non-hydrogen) atoms. The molecular weight excluding hydrogens is 216 g/mol. The molecule has 0 fully saturated rings. The average Bonchev–Trinajstić information content (AvgIpc) is 2.78. The minimum absolute atomic E-state index is 0.454. The minimum Gasteiger partial charge on any atom is -0.464 e. The molecule has 0 spiro atoms. The van der Waals surface area contributed by atoms with E-state index in [1.54, 1.807) is 31.7 Å². The highest BCUT2D eigenvalue weighted by atomic mass is 16.3. The summed E-state index contributed by atoms with van der Waals surface area (Å²) in [7, 11) is 0. The van der Waals surface area contributed by atoms with Crippen LogP contribution in [0.25, 0.3) is 17.2 Å². The lowest BCUT2D eigenvalue weighted by Crippen LogP contribution is -2.11. The van der Waals surface area contributed by atoms with Crippen LogP contribution in [-0.2, 0) is 4.79 Å². The van der Waals surface area contributed by atoms with Gasteiger partial charge in [-0.2, -0.15) is 0 Å². The van der Waals surface area contributed by atoms with Gasteiger partial charge >= 0.3 is 0 Å². The molecule has 0 aromatic carbocycles. The lowest BCUT2D eigenvalue weighted by molar-refractivity contribution is -0.114. The second kappa shape index (κ2) is 4.65. The normalized spacial score (nSPS) is 11.5. The van der Waals surface area contributed by atoms with Crippen LogP contribution in [0.1, 0.15) is 12.7 Å². The van der Waals surface area contributed by atoms with Crippen molar-refractivity contribution < 1.29 is 9.21 Å². The third-order valence-corrected chi connectivity index (χ3v) is 2.36. The number of hydrogen-bond acceptors (Lipinski definition) is 3. The molecule has 1 amide bonds. The van der Waals surface area contributed by atoms with Crippen molar-refractivity contribution in [1.29, 1.82) is 0 Å². The van der Waals surface area contributed by atoms with E-state index in [2.05, 4.69) is 4.98 Å². The van der Waals surface area contributed by atoms with Gasteiger partial charge in [-0.3, -0.25) is 9.78 Å². The second-order valence-electron chi connectivity index (χ2n) is 3.67. The van der Waals surface area contributed by atoms with E-state index < -0.39 is 5.91 Å². The van der Waals surface area contributed by atoms with Crippen molar-refractivity contribution in [3.63, 3.8) is 0 Å². The van der Waals surface area contributed by atoms with Gasteiger partial charge in [0.25, 0.3) is 0 Å². The smallest absolute Gasteiger partial charge is 0.244 e. The van der Waals surface area contributed by atoms with Crippen LogP contribution in [0, 0.1) is 0 Å². The van der Waals surface area contributed by atoms with Gasteiger partial charge in [-0.25, -0.2) is 0 Å². The number of primary amides is 1. The number of amides is 1. The van der Waals surface area contributed by atoms with Crippen molar-refractivity contribution in [1.82, 2.24) is 4.98 Å². The first kappa shape index (κ1) is 11.1. The molecule has 0 unspecified atom stereocenters. The highest BCUT2D eigenvalue weighted by molar-refractivity contribution is 5.95. The molecule has 2 N–H and O–H groups in total. The topological polar surface area (TPSA) is 69.1 Å². The SMILES string of the molecule is C/C(=C\c1cc(-c2cccnc2)co1)C(N)=O. The Morgan fingerprint density at radius 2 is 2.29 bits per heavy atom. The Hall–Kier alpha value is -2.36. The van der Waals surface area contributed by atoms with E-state index in [9.17, 15) is 4.79 Å². The lowest BCUT2D eigenvalue weighted by Gasteiger charge is -1.92. The zero-order chi connectivity index (χ0) is 12.3. The van der Waals surface area contributed by atoms with Gasteiger partial charge in [0.15, 0.2) is 0 Å². The molecule has 0 aliphatic rings. The third-order valence-electron chi connectivity index (χ3n) is 2.36. The first-order valence-electron chi connectivity index (χ1n) is 5.14. The van der Waals surface area contributed by atoms with E-state index in [4.69, 9.17) is 10.2 Å². The monoisotopic (exact) mass is 228 g/mol. The predicted octanol–water partition coefficient (Wildman–Crippen LogP) is 2.23. The average molecular weight is 228 g/mol.